The number of para-hydroxylation sites is 1. The molecule has 0 aromatic heterocycles. The topological polar surface area (TPSA) is 35.2 Å². The minimum atomic E-state index is 0.0849. The van der Waals surface area contributed by atoms with Gasteiger partial charge in [-0.25, -0.2) is 0 Å². The number of hydrogen-bond donors (Lipinski definition) is 1. The molecule has 2 aromatic rings. The van der Waals surface area contributed by atoms with Gasteiger partial charge in [0.15, 0.2) is 0 Å². The molecular weight excluding hydrogens is 258 g/mol. The number of ether oxygens (including phenoxy) is 1. The van der Waals surface area contributed by atoms with E-state index in [1.807, 2.05) is 12.1 Å². The molecule has 0 aliphatic heterocycles. The fourth-order valence-electron chi connectivity index (χ4n) is 2.34. The monoisotopic (exact) mass is 283 g/mol. The molecule has 21 heavy (non-hydrogen) atoms. The summed E-state index contributed by atoms with van der Waals surface area (Å²) < 4.78 is 6.02. The van der Waals surface area contributed by atoms with Crippen LogP contribution < -0.4 is 10.5 Å². The van der Waals surface area contributed by atoms with E-state index in [9.17, 15) is 0 Å². The molecule has 0 radical (unpaired) electrons. The zero-order valence-electron chi connectivity index (χ0n) is 13.2. The van der Waals surface area contributed by atoms with Crippen LogP contribution in [0.4, 0.5) is 0 Å². The lowest BCUT2D eigenvalue weighted by Crippen LogP contribution is -2.13. The Morgan fingerprint density at radius 2 is 1.52 bits per heavy atom. The molecule has 0 bridgehead atoms. The summed E-state index contributed by atoms with van der Waals surface area (Å²) in [5, 5.41) is 0. The third-order valence-corrected chi connectivity index (χ3v) is 3.55. The summed E-state index contributed by atoms with van der Waals surface area (Å²) in [6.45, 7) is 7.90. The van der Waals surface area contributed by atoms with Crippen LogP contribution in [-0.4, -0.2) is 6.54 Å². The van der Waals surface area contributed by atoms with E-state index < -0.39 is 0 Å². The Hall–Kier alpha value is -1.80. The summed E-state index contributed by atoms with van der Waals surface area (Å²) in [4.78, 5) is 0. The molecule has 0 spiro atoms. The molecule has 0 unspecified atom stereocenters. The van der Waals surface area contributed by atoms with E-state index in [1.54, 1.807) is 0 Å². The Morgan fingerprint density at radius 1 is 0.905 bits per heavy atom. The fourth-order valence-corrected chi connectivity index (χ4v) is 2.34. The molecule has 2 heteroatoms. The van der Waals surface area contributed by atoms with E-state index in [-0.39, 0.29) is 5.41 Å². The van der Waals surface area contributed by atoms with Gasteiger partial charge in [-0.15, -0.1) is 0 Å². The summed E-state index contributed by atoms with van der Waals surface area (Å²) in [6.07, 6.45) is 0.925. The van der Waals surface area contributed by atoms with Gasteiger partial charge in [-0.05, 0) is 41.1 Å². The first-order valence-electron chi connectivity index (χ1n) is 7.51. The molecule has 2 nitrogen and oxygen atoms in total. The lowest BCUT2D eigenvalue weighted by Gasteiger charge is -2.22. The van der Waals surface area contributed by atoms with Crippen molar-refractivity contribution >= 4 is 0 Å². The molecule has 0 fully saturated rings. The second kappa shape index (κ2) is 6.77. The predicted octanol–water partition coefficient (Wildman–Crippen LogP) is 4.06. The van der Waals surface area contributed by atoms with Crippen molar-refractivity contribution < 1.29 is 4.74 Å². The molecule has 112 valence electrons. The Labute approximate surface area is 127 Å². The first kappa shape index (κ1) is 15.6. The average molecular weight is 283 g/mol. The van der Waals surface area contributed by atoms with Gasteiger partial charge >= 0.3 is 0 Å². The second-order valence-electron chi connectivity index (χ2n) is 6.39. The zero-order chi connectivity index (χ0) is 15.3. The second-order valence-corrected chi connectivity index (χ2v) is 6.39. The third-order valence-electron chi connectivity index (χ3n) is 3.55. The van der Waals surface area contributed by atoms with E-state index in [1.165, 1.54) is 16.7 Å². The van der Waals surface area contributed by atoms with Crippen LogP contribution in [0, 0.1) is 0 Å². The zero-order valence-corrected chi connectivity index (χ0v) is 13.2. The fraction of sp³-hybridized carbons (Fsp3) is 0.368. The van der Waals surface area contributed by atoms with E-state index in [4.69, 9.17) is 10.5 Å². The predicted molar refractivity (Wildman–Crippen MR) is 88.7 cm³/mol. The molecular formula is C19H25NO. The minimum Gasteiger partial charge on any atom is -0.489 e. The quantitative estimate of drug-likeness (QED) is 0.898. The van der Waals surface area contributed by atoms with Crippen LogP contribution >= 0.6 is 0 Å². The van der Waals surface area contributed by atoms with Crippen LogP contribution in [0.15, 0.2) is 48.5 Å². The van der Waals surface area contributed by atoms with E-state index in [0.29, 0.717) is 13.2 Å². The van der Waals surface area contributed by atoms with Crippen molar-refractivity contribution in [1.82, 2.24) is 0 Å². The van der Waals surface area contributed by atoms with Crippen LogP contribution in [0.25, 0.3) is 0 Å². The smallest absolute Gasteiger partial charge is 0.123 e. The molecule has 0 aliphatic carbocycles. The van der Waals surface area contributed by atoms with Gasteiger partial charge in [-0.2, -0.15) is 0 Å². The van der Waals surface area contributed by atoms with Crippen molar-refractivity contribution in [2.45, 2.75) is 39.2 Å². The van der Waals surface area contributed by atoms with Gasteiger partial charge in [0.05, 0.1) is 0 Å². The lowest BCUT2D eigenvalue weighted by molar-refractivity contribution is 0.297. The Balaban J connectivity index is 2.06. The van der Waals surface area contributed by atoms with Gasteiger partial charge in [0.25, 0.3) is 0 Å². The van der Waals surface area contributed by atoms with E-state index >= 15 is 0 Å². The van der Waals surface area contributed by atoms with Crippen molar-refractivity contribution in [2.24, 2.45) is 5.73 Å². The summed E-state index contributed by atoms with van der Waals surface area (Å²) in [5.41, 5.74) is 9.35. The highest BCUT2D eigenvalue weighted by Gasteiger charge is 2.18. The highest BCUT2D eigenvalue weighted by Crippen LogP contribution is 2.31. The van der Waals surface area contributed by atoms with Crippen LogP contribution in [0.2, 0.25) is 0 Å². The molecule has 0 aliphatic rings. The Kier molecular flexibility index (Phi) is 5.03. The maximum Gasteiger partial charge on any atom is 0.123 e. The summed E-state index contributed by atoms with van der Waals surface area (Å²) >= 11 is 0. The average Bonchev–Trinajstić information content (AvgIpc) is 2.46. The summed E-state index contributed by atoms with van der Waals surface area (Å²) in [5.74, 6) is 0.969. The van der Waals surface area contributed by atoms with Crippen molar-refractivity contribution in [1.29, 1.82) is 0 Å². The van der Waals surface area contributed by atoms with Gasteiger partial charge < -0.3 is 10.5 Å². The lowest BCUT2D eigenvalue weighted by atomic mass is 9.86. The third kappa shape index (κ3) is 4.33. The maximum atomic E-state index is 6.02. The molecule has 0 saturated heterocycles. The molecule has 0 amide bonds. The van der Waals surface area contributed by atoms with Gasteiger partial charge in [-0.1, -0.05) is 63.2 Å². The Morgan fingerprint density at radius 3 is 2.14 bits per heavy atom. The number of benzene rings is 2. The normalized spacial score (nSPS) is 11.4. The highest BCUT2D eigenvalue weighted by atomic mass is 16.5. The largest absolute Gasteiger partial charge is 0.489 e. The van der Waals surface area contributed by atoms with E-state index in [2.05, 4.69) is 57.2 Å². The standard InChI is InChI=1S/C19H25NO/c1-19(2,3)17-6-4-5-7-18(17)21-14-16-10-8-15(9-11-16)12-13-20/h4-11H,12-14,20H2,1-3H3. The van der Waals surface area contributed by atoms with Gasteiger partial charge in [0.2, 0.25) is 0 Å². The van der Waals surface area contributed by atoms with Crippen LogP contribution in [0.5, 0.6) is 5.75 Å². The highest BCUT2D eigenvalue weighted by molar-refractivity contribution is 5.38. The molecule has 2 aromatic carbocycles. The first-order valence-corrected chi connectivity index (χ1v) is 7.51. The van der Waals surface area contributed by atoms with Crippen molar-refractivity contribution in [3.8, 4) is 5.75 Å². The van der Waals surface area contributed by atoms with Crippen LogP contribution in [0.1, 0.15) is 37.5 Å². The van der Waals surface area contributed by atoms with Gasteiger partial charge in [-0.3, -0.25) is 0 Å². The number of rotatable bonds is 5. The van der Waals surface area contributed by atoms with Gasteiger partial charge in [0.1, 0.15) is 12.4 Å². The van der Waals surface area contributed by atoms with Crippen LogP contribution in [0.3, 0.4) is 0 Å². The van der Waals surface area contributed by atoms with Gasteiger partial charge in [0, 0.05) is 0 Å². The van der Waals surface area contributed by atoms with Crippen molar-refractivity contribution in [2.75, 3.05) is 6.54 Å². The Bertz CT molecular complexity index is 567. The number of nitrogens with two attached hydrogens (primary N) is 1. The SMILES string of the molecule is CC(C)(C)c1ccccc1OCc1ccc(CCN)cc1. The molecule has 2 N–H and O–H groups in total. The number of hydrogen-bond acceptors (Lipinski definition) is 2. The molecule has 0 atom stereocenters. The molecule has 2 rings (SSSR count). The molecule has 0 saturated carbocycles. The van der Waals surface area contributed by atoms with Crippen molar-refractivity contribution in [3.05, 3.63) is 65.2 Å². The van der Waals surface area contributed by atoms with Crippen molar-refractivity contribution in [3.63, 3.8) is 0 Å². The summed E-state index contributed by atoms with van der Waals surface area (Å²) in [7, 11) is 0. The minimum absolute atomic E-state index is 0.0849. The van der Waals surface area contributed by atoms with E-state index in [0.717, 1.165) is 12.2 Å². The van der Waals surface area contributed by atoms with Crippen LogP contribution in [-0.2, 0) is 18.4 Å². The first-order chi connectivity index (χ1) is 10.0. The maximum absolute atomic E-state index is 6.02. The molecule has 0 heterocycles. The summed E-state index contributed by atoms with van der Waals surface area (Å²) in [6, 6.07) is 16.8.